The summed E-state index contributed by atoms with van der Waals surface area (Å²) in [7, 11) is 3.34. The normalized spacial score (nSPS) is 20.4. The van der Waals surface area contributed by atoms with E-state index >= 15 is 0 Å². The van der Waals surface area contributed by atoms with Gasteiger partial charge in [0.1, 0.15) is 6.61 Å². The van der Waals surface area contributed by atoms with Crippen LogP contribution in [0.4, 0.5) is 4.79 Å². The number of benzene rings is 4. The van der Waals surface area contributed by atoms with Gasteiger partial charge in [-0.15, -0.1) is 0 Å². The van der Waals surface area contributed by atoms with Gasteiger partial charge in [-0.2, -0.15) is 0 Å². The number of carbonyl (C=O) groups excluding carboxylic acids is 1. The Labute approximate surface area is 294 Å². The van der Waals surface area contributed by atoms with Crippen LogP contribution in [0, 0.1) is 5.92 Å². The third-order valence-electron chi connectivity index (χ3n) is 9.57. The fraction of sp³-hybridized carbons (Fsp3) is 0.341. The van der Waals surface area contributed by atoms with Gasteiger partial charge in [-0.1, -0.05) is 86.3 Å². The van der Waals surface area contributed by atoms with Crippen molar-refractivity contribution >= 4 is 6.09 Å². The van der Waals surface area contributed by atoms with Crippen molar-refractivity contribution in [1.82, 2.24) is 10.2 Å². The van der Waals surface area contributed by atoms with E-state index in [1.54, 1.807) is 14.2 Å². The summed E-state index contributed by atoms with van der Waals surface area (Å²) in [4.78, 5) is 14.3. The van der Waals surface area contributed by atoms with Crippen molar-refractivity contribution in [2.24, 2.45) is 5.92 Å². The highest BCUT2D eigenvalue weighted by atomic mass is 16.7. The number of carbonyl (C=O) groups is 1. The van der Waals surface area contributed by atoms with Gasteiger partial charge in [-0.05, 0) is 63.6 Å². The molecule has 262 valence electrons. The first-order valence-electron chi connectivity index (χ1n) is 17.1. The minimum Gasteiger partial charge on any atom is -0.493 e. The van der Waals surface area contributed by atoms with Crippen molar-refractivity contribution in [2.45, 2.75) is 51.5 Å². The molecule has 6 rings (SSSR count). The smallest absolute Gasteiger partial charge is 0.407 e. The van der Waals surface area contributed by atoms with Crippen LogP contribution >= 0.6 is 0 Å². The van der Waals surface area contributed by atoms with E-state index in [9.17, 15) is 9.90 Å². The Hall–Kier alpha value is -4.67. The zero-order chi connectivity index (χ0) is 35.0. The molecule has 9 heteroatoms. The van der Waals surface area contributed by atoms with Crippen molar-refractivity contribution in [3.8, 4) is 22.6 Å². The summed E-state index contributed by atoms with van der Waals surface area (Å²) in [6.07, 6.45) is 1.11. The molecule has 2 N–H and O–H groups in total. The van der Waals surface area contributed by atoms with Crippen molar-refractivity contribution in [3.63, 3.8) is 0 Å². The van der Waals surface area contributed by atoms with Crippen LogP contribution in [-0.4, -0.2) is 56.1 Å². The Kier molecular flexibility index (Phi) is 11.5. The lowest BCUT2D eigenvalue weighted by atomic mass is 9.89. The molecule has 0 bridgehead atoms. The van der Waals surface area contributed by atoms with E-state index in [2.05, 4.69) is 66.2 Å². The van der Waals surface area contributed by atoms with Gasteiger partial charge in [0.15, 0.2) is 17.8 Å². The Balaban J connectivity index is 1.20. The molecule has 1 fully saturated rings. The molecule has 0 saturated carbocycles. The summed E-state index contributed by atoms with van der Waals surface area (Å²) in [6, 6.07) is 28.5. The van der Waals surface area contributed by atoms with Crippen LogP contribution < -0.4 is 14.8 Å². The standard InChI is InChI=1S/C41H46N2O7/c1-5-19-48-41(45)42-23-29-7-6-8-33(20-29)30-13-15-32(16-14-30)40-49-38(27(2)39(50-40)31-11-9-28(26-44)10-12-31)25-43-18-17-34-21-36(46-3)37(47-4)22-35(34)24-43/h5-16,20-22,27,38-40,44H,1,17-19,23-26H2,2-4H3,(H,42,45)/t27-,38+,39+,40+/m0/s1. The maximum absolute atomic E-state index is 11.9. The molecule has 0 aliphatic carbocycles. The summed E-state index contributed by atoms with van der Waals surface area (Å²) in [5, 5.41) is 12.4. The van der Waals surface area contributed by atoms with E-state index in [0.29, 0.717) is 6.54 Å². The van der Waals surface area contributed by atoms with Gasteiger partial charge in [-0.3, -0.25) is 4.90 Å². The number of alkyl carbamates (subject to hydrolysis) is 1. The van der Waals surface area contributed by atoms with Crippen molar-refractivity contribution < 1.29 is 33.6 Å². The first kappa shape index (κ1) is 35.2. The molecule has 1 saturated heterocycles. The number of methoxy groups -OCH3 is 2. The topological polar surface area (TPSA) is 98.7 Å². The zero-order valence-corrected chi connectivity index (χ0v) is 29.0. The maximum atomic E-state index is 11.9. The average Bonchev–Trinajstić information content (AvgIpc) is 3.16. The molecular weight excluding hydrogens is 632 g/mol. The first-order chi connectivity index (χ1) is 24.4. The number of ether oxygens (including phenoxy) is 5. The quantitative estimate of drug-likeness (QED) is 0.153. The monoisotopic (exact) mass is 678 g/mol. The van der Waals surface area contributed by atoms with Gasteiger partial charge in [0, 0.05) is 37.7 Å². The Bertz CT molecular complexity index is 1760. The number of amides is 1. The number of aliphatic hydroxyl groups is 1. The zero-order valence-electron chi connectivity index (χ0n) is 29.0. The fourth-order valence-corrected chi connectivity index (χ4v) is 6.73. The summed E-state index contributed by atoms with van der Waals surface area (Å²) < 4.78 is 29.7. The lowest BCUT2D eigenvalue weighted by molar-refractivity contribution is -0.276. The van der Waals surface area contributed by atoms with Gasteiger partial charge in [-0.25, -0.2) is 4.79 Å². The van der Waals surface area contributed by atoms with Crippen LogP contribution in [0.15, 0.2) is 97.6 Å². The Morgan fingerprint density at radius 2 is 1.64 bits per heavy atom. The van der Waals surface area contributed by atoms with Crippen LogP contribution in [0.25, 0.3) is 11.1 Å². The molecule has 4 aromatic carbocycles. The lowest BCUT2D eigenvalue weighted by Gasteiger charge is -2.43. The van der Waals surface area contributed by atoms with Crippen LogP contribution in [0.5, 0.6) is 11.5 Å². The SMILES string of the molecule is C=CCOC(=O)NCc1cccc(-c2ccc([C@@H]3O[C@H](CN4CCc5cc(OC)c(OC)cc5C4)[C@H](C)[C@H](c4ccc(CO)cc4)O3)cc2)c1. The fourth-order valence-electron chi connectivity index (χ4n) is 6.73. The van der Waals surface area contributed by atoms with E-state index < -0.39 is 12.4 Å². The molecule has 9 nitrogen and oxygen atoms in total. The third-order valence-corrected chi connectivity index (χ3v) is 9.57. The predicted octanol–water partition coefficient (Wildman–Crippen LogP) is 7.13. The van der Waals surface area contributed by atoms with E-state index in [0.717, 1.165) is 70.9 Å². The second-order valence-corrected chi connectivity index (χ2v) is 12.8. The third kappa shape index (κ3) is 8.20. The second kappa shape index (κ2) is 16.4. The molecule has 2 aliphatic heterocycles. The number of hydrogen-bond donors (Lipinski definition) is 2. The molecule has 0 spiro atoms. The molecule has 1 amide bonds. The van der Waals surface area contributed by atoms with Gasteiger partial charge in [0.05, 0.1) is 33.0 Å². The number of aliphatic hydroxyl groups excluding tert-OH is 1. The van der Waals surface area contributed by atoms with Crippen LogP contribution in [0.3, 0.4) is 0 Å². The minimum atomic E-state index is -0.564. The van der Waals surface area contributed by atoms with E-state index in [4.69, 9.17) is 23.7 Å². The van der Waals surface area contributed by atoms with E-state index in [-0.39, 0.29) is 31.3 Å². The second-order valence-electron chi connectivity index (χ2n) is 12.8. The predicted molar refractivity (Wildman–Crippen MR) is 192 cm³/mol. The van der Waals surface area contributed by atoms with Gasteiger partial charge in [0.2, 0.25) is 0 Å². The van der Waals surface area contributed by atoms with Gasteiger partial charge >= 0.3 is 6.09 Å². The number of nitrogens with one attached hydrogen (secondary N) is 1. The molecular formula is C41H46N2O7. The van der Waals surface area contributed by atoms with Gasteiger partial charge < -0.3 is 34.1 Å². The van der Waals surface area contributed by atoms with Crippen LogP contribution in [-0.2, 0) is 40.3 Å². The number of rotatable bonds is 12. The van der Waals surface area contributed by atoms with Crippen LogP contribution in [0.2, 0.25) is 0 Å². The highest BCUT2D eigenvalue weighted by Crippen LogP contribution is 2.43. The van der Waals surface area contributed by atoms with Crippen LogP contribution in [0.1, 0.15) is 52.7 Å². The summed E-state index contributed by atoms with van der Waals surface area (Å²) in [6.45, 7) is 8.74. The summed E-state index contributed by atoms with van der Waals surface area (Å²) in [5.41, 5.74) is 8.43. The van der Waals surface area contributed by atoms with E-state index in [1.807, 2.05) is 42.5 Å². The highest BCUT2D eigenvalue weighted by molar-refractivity contribution is 5.68. The highest BCUT2D eigenvalue weighted by Gasteiger charge is 2.39. The van der Waals surface area contributed by atoms with Gasteiger partial charge in [0.25, 0.3) is 0 Å². The summed E-state index contributed by atoms with van der Waals surface area (Å²) >= 11 is 0. The van der Waals surface area contributed by atoms with Crippen molar-refractivity contribution in [1.29, 1.82) is 0 Å². The van der Waals surface area contributed by atoms with Crippen molar-refractivity contribution in [3.05, 3.63) is 131 Å². The average molecular weight is 679 g/mol. The Morgan fingerprint density at radius 1 is 0.920 bits per heavy atom. The Morgan fingerprint density at radius 3 is 2.34 bits per heavy atom. The molecule has 0 radical (unpaired) electrons. The molecule has 4 aromatic rings. The largest absolute Gasteiger partial charge is 0.493 e. The molecule has 4 atom stereocenters. The molecule has 2 aliphatic rings. The molecule has 0 aromatic heterocycles. The lowest BCUT2D eigenvalue weighted by Crippen LogP contribution is -2.45. The van der Waals surface area contributed by atoms with E-state index in [1.165, 1.54) is 17.2 Å². The first-order valence-corrected chi connectivity index (χ1v) is 17.1. The number of nitrogens with zero attached hydrogens (tertiary/aromatic N) is 1. The molecule has 2 heterocycles. The molecule has 0 unspecified atom stereocenters. The number of fused-ring (bicyclic) bond motifs is 1. The molecule has 50 heavy (non-hydrogen) atoms. The summed E-state index contributed by atoms with van der Waals surface area (Å²) in [5.74, 6) is 1.57. The maximum Gasteiger partial charge on any atom is 0.407 e. The van der Waals surface area contributed by atoms with Crippen molar-refractivity contribution in [2.75, 3.05) is 33.9 Å². The number of hydrogen-bond acceptors (Lipinski definition) is 8. The minimum absolute atomic E-state index is 0.00312.